The van der Waals surface area contributed by atoms with Gasteiger partial charge in [-0.15, -0.1) is 0 Å². The third-order valence-electron chi connectivity index (χ3n) is 10.9. The molecular formula is C50H32BF12NO4S. The van der Waals surface area contributed by atoms with Gasteiger partial charge in [0.15, 0.2) is 15.9 Å². The lowest BCUT2D eigenvalue weighted by Crippen LogP contribution is -2.74. The van der Waals surface area contributed by atoms with Crippen LogP contribution in [0.1, 0.15) is 38.2 Å². The molecule has 0 saturated carbocycles. The molecule has 69 heavy (non-hydrogen) atoms. The summed E-state index contributed by atoms with van der Waals surface area (Å²) in [6.45, 7) is 0. The minimum atomic E-state index is -4.77. The summed E-state index contributed by atoms with van der Waals surface area (Å²) in [5.74, 6) is 2.22. The van der Waals surface area contributed by atoms with Crippen LogP contribution >= 0.6 is 0 Å². The zero-order valence-electron chi connectivity index (χ0n) is 35.1. The number of halogens is 12. The van der Waals surface area contributed by atoms with Crippen molar-refractivity contribution in [3.05, 3.63) is 225 Å². The molecule has 7 rings (SSSR count). The molecule has 19 heteroatoms. The zero-order chi connectivity index (χ0) is 50.4. The lowest BCUT2D eigenvalue weighted by Gasteiger charge is -2.44. The molecule has 0 saturated heterocycles. The first kappa shape index (κ1) is 50.9. The Bertz CT molecular complexity index is 2770. The van der Waals surface area contributed by atoms with Gasteiger partial charge in [-0.3, -0.25) is 14.9 Å². The molecule has 0 radical (unpaired) electrons. The van der Waals surface area contributed by atoms with Gasteiger partial charge >= 0.3 is 24.7 Å². The van der Waals surface area contributed by atoms with E-state index >= 15 is 0 Å². The highest BCUT2D eigenvalue weighted by Crippen LogP contribution is 2.33. The third kappa shape index (κ3) is 12.0. The molecule has 354 valence electrons. The monoisotopic (exact) mass is 981 g/mol. The number of nitrogens with zero attached hydrogens (tertiary/aromatic N) is 1. The minimum Gasteiger partial charge on any atom is -0.289 e. The number of non-ortho nitro benzene ring substituents is 1. The van der Waals surface area contributed by atoms with E-state index in [1.807, 2.05) is 18.2 Å². The van der Waals surface area contributed by atoms with Crippen molar-refractivity contribution >= 4 is 49.4 Å². The van der Waals surface area contributed by atoms with Crippen LogP contribution in [-0.2, 0) is 38.8 Å². The summed E-state index contributed by atoms with van der Waals surface area (Å²) in [6, 6.07) is 36.6. The van der Waals surface area contributed by atoms with Crippen LogP contribution in [0.15, 0.2) is 187 Å². The van der Waals surface area contributed by atoms with E-state index in [1.165, 1.54) is 24.3 Å². The first-order valence-corrected chi connectivity index (χ1v) is 21.8. The van der Waals surface area contributed by atoms with Gasteiger partial charge < -0.3 is 0 Å². The minimum absolute atomic E-state index is 0.0114. The van der Waals surface area contributed by atoms with Crippen LogP contribution in [0.2, 0.25) is 0 Å². The van der Waals surface area contributed by atoms with E-state index in [2.05, 4.69) is 11.2 Å². The summed E-state index contributed by atoms with van der Waals surface area (Å²) in [5.41, 5.74) is -3.44. The fourth-order valence-electron chi connectivity index (χ4n) is 7.52. The third-order valence-corrected chi connectivity index (χ3v) is 13.1. The summed E-state index contributed by atoms with van der Waals surface area (Å²) in [5, 5.41) is 13.6. The molecule has 5 nitrogen and oxygen atoms in total. The molecule has 0 fully saturated rings. The van der Waals surface area contributed by atoms with Gasteiger partial charge in [-0.25, -0.2) is 0 Å². The number of rotatable bonds is 9. The van der Waals surface area contributed by atoms with E-state index in [1.54, 1.807) is 42.5 Å². The maximum Gasteiger partial charge on any atom is 0.416 e. The number of Topliss-reactive ketones (excluding diaryl/α,β-unsaturated/α-hetero) is 1. The average Bonchev–Trinajstić information content (AvgIpc) is 3.31. The number of nitro groups is 1. The summed E-state index contributed by atoms with van der Waals surface area (Å²) in [6.07, 6.45) is -22.0. The van der Waals surface area contributed by atoms with E-state index in [-0.39, 0.29) is 44.6 Å². The zero-order valence-corrected chi connectivity index (χ0v) is 35.9. The van der Waals surface area contributed by atoms with Crippen LogP contribution in [0, 0.1) is 21.3 Å². The Kier molecular flexibility index (Phi) is 14.8. The first-order chi connectivity index (χ1) is 32.3. The van der Waals surface area contributed by atoms with Gasteiger partial charge in [0, 0.05) is 23.3 Å². The molecular weight excluding hydrogens is 949 g/mol. The molecule has 0 amide bonds. The number of hydrogen-bond donors (Lipinski definition) is 0. The molecule has 1 unspecified atom stereocenters. The second kappa shape index (κ2) is 20.0. The van der Waals surface area contributed by atoms with Gasteiger partial charge in [0.2, 0.25) is 15.7 Å². The van der Waals surface area contributed by atoms with E-state index in [0.29, 0.717) is 59.0 Å². The second-order valence-corrected chi connectivity index (χ2v) is 17.6. The predicted molar refractivity (Wildman–Crippen MR) is 238 cm³/mol. The van der Waals surface area contributed by atoms with Crippen molar-refractivity contribution < 1.29 is 66.6 Å². The number of carbonyl (C=O) groups is 1. The van der Waals surface area contributed by atoms with Crippen LogP contribution in [0.4, 0.5) is 58.4 Å². The molecule has 0 aromatic heterocycles. The Hall–Kier alpha value is -7.46. The Balaban J connectivity index is 0.000000243. The normalized spacial score (nSPS) is 12.9. The quantitative estimate of drug-likeness (QED) is 0.0275. The summed E-state index contributed by atoms with van der Waals surface area (Å²) in [7, 11) is -2.98. The molecule has 1 atom stereocenters. The van der Waals surface area contributed by atoms with Crippen LogP contribution < -0.4 is 21.9 Å². The summed E-state index contributed by atoms with van der Waals surface area (Å²) >= 11 is 0. The van der Waals surface area contributed by atoms with Crippen LogP contribution in [0.5, 0.6) is 0 Å². The van der Waals surface area contributed by atoms with Crippen LogP contribution in [0.3, 0.4) is 0 Å². The van der Waals surface area contributed by atoms with E-state index in [4.69, 9.17) is 0 Å². The lowest BCUT2D eigenvalue weighted by atomic mass is 9.13. The van der Waals surface area contributed by atoms with E-state index in [0.717, 1.165) is 48.5 Å². The van der Waals surface area contributed by atoms with Crippen molar-refractivity contribution in [3.8, 4) is 11.2 Å². The Labute approximate surface area is 387 Å². The summed E-state index contributed by atoms with van der Waals surface area (Å²) in [4.78, 5) is 23.4. The average molecular weight is 982 g/mol. The van der Waals surface area contributed by atoms with Crippen molar-refractivity contribution in [2.75, 3.05) is 5.75 Å². The molecule has 7 aromatic carbocycles. The molecule has 7 aromatic rings. The number of alkyl halides is 12. The molecule has 0 N–H and O–H groups in total. The van der Waals surface area contributed by atoms with E-state index < -0.39 is 68.0 Å². The molecule has 0 bridgehead atoms. The largest absolute Gasteiger partial charge is 0.416 e. The molecule has 0 aliphatic heterocycles. The second-order valence-electron chi connectivity index (χ2n) is 15.3. The fraction of sp³-hybridized carbons (Fsp3) is 0.100. The SMILES string of the molecule is FC(F)(F)c1ccc([B-](c2ccc(C(F)(F)F)cc2)(c2ccc(C(F)(F)F)cc2)c2ccc(C(F)(F)F)cc2)cc1.O=C(C[S+](=O)(C#Cc1ccccc1)c1ccccc1)c1ccc([N+](=O)[O-])cc1. The Morgan fingerprint density at radius 2 is 0.797 bits per heavy atom. The van der Waals surface area contributed by atoms with Gasteiger partial charge in [-0.05, 0) is 42.3 Å². The maximum absolute atomic E-state index is 13.6. The van der Waals surface area contributed by atoms with Gasteiger partial charge in [-0.2, -0.15) is 74.5 Å². The van der Waals surface area contributed by atoms with Crippen molar-refractivity contribution in [2.45, 2.75) is 29.6 Å². The van der Waals surface area contributed by atoms with Gasteiger partial charge in [0.05, 0.1) is 27.2 Å². The number of ketones is 1. The lowest BCUT2D eigenvalue weighted by molar-refractivity contribution is -0.384. The number of benzene rings is 7. The van der Waals surface area contributed by atoms with Crippen molar-refractivity contribution in [2.24, 2.45) is 0 Å². The van der Waals surface area contributed by atoms with Crippen LogP contribution in [0.25, 0.3) is 0 Å². The number of carbonyl (C=O) groups excluding carboxylic acids is 1. The smallest absolute Gasteiger partial charge is 0.289 e. The fourth-order valence-corrected chi connectivity index (χ4v) is 9.29. The Morgan fingerprint density at radius 3 is 1.10 bits per heavy atom. The van der Waals surface area contributed by atoms with Gasteiger partial charge in [-0.1, -0.05) is 138 Å². The topological polar surface area (TPSA) is 77.3 Å². The van der Waals surface area contributed by atoms with Gasteiger partial charge in [0.25, 0.3) is 5.69 Å². The predicted octanol–water partition coefficient (Wildman–Crippen LogP) is 11.5. The molecule has 0 heterocycles. The van der Waals surface area contributed by atoms with Crippen molar-refractivity contribution in [1.29, 1.82) is 0 Å². The molecule has 0 spiro atoms. The maximum atomic E-state index is 13.6. The highest BCUT2D eigenvalue weighted by Gasteiger charge is 2.39. The highest BCUT2D eigenvalue weighted by molar-refractivity contribution is 8.07. The van der Waals surface area contributed by atoms with Crippen molar-refractivity contribution in [1.82, 2.24) is 0 Å². The Morgan fingerprint density at radius 1 is 0.478 bits per heavy atom. The van der Waals surface area contributed by atoms with Crippen molar-refractivity contribution in [3.63, 3.8) is 0 Å². The summed E-state index contributed by atoms with van der Waals surface area (Å²) < 4.78 is 174. The number of nitro benzene ring substituents is 1. The molecule has 0 aliphatic carbocycles. The molecule has 0 aliphatic rings. The standard InChI is InChI=1S/C28H16BF12.C22H16NO4S/c30-25(31,32)17-1-9-21(10-2-17)29(22-11-3-18(4-12-22)26(33,34)35,23-13-5-19(6-14-23)27(36,37)38)24-15-7-20(8-16-24)28(39,40)41;24-22(19-11-13-20(14-12-19)23(25)26)17-28(27,21-9-5-2-6-10-21)16-15-18-7-3-1-4-8-18/h1-16H;1-14H,17H2/q-1;+1. The van der Waals surface area contributed by atoms with E-state index in [9.17, 15) is 71.8 Å². The first-order valence-electron chi connectivity index (χ1n) is 20.1. The number of hydrogen-bond acceptors (Lipinski definition) is 4. The van der Waals surface area contributed by atoms with Gasteiger partial charge in [0.1, 0.15) is 6.15 Å². The van der Waals surface area contributed by atoms with Crippen LogP contribution in [-0.4, -0.2) is 22.6 Å². The highest BCUT2D eigenvalue weighted by atomic mass is 32.2.